The van der Waals surface area contributed by atoms with Crippen LogP contribution in [-0.2, 0) is 11.3 Å². The third-order valence-corrected chi connectivity index (χ3v) is 4.99. The van der Waals surface area contributed by atoms with Gasteiger partial charge in [0.05, 0.1) is 18.3 Å². The van der Waals surface area contributed by atoms with E-state index in [1.807, 2.05) is 79.7 Å². The van der Waals surface area contributed by atoms with Gasteiger partial charge in [0.2, 0.25) is 0 Å². The molecule has 4 rings (SSSR count). The van der Waals surface area contributed by atoms with Crippen molar-refractivity contribution >= 4 is 17.5 Å². The molecule has 2 amide bonds. The molecule has 0 radical (unpaired) electrons. The Morgan fingerprint density at radius 1 is 1.03 bits per heavy atom. The van der Waals surface area contributed by atoms with Gasteiger partial charge in [-0.3, -0.25) is 9.59 Å². The molecule has 5 nitrogen and oxygen atoms in total. The van der Waals surface area contributed by atoms with Gasteiger partial charge in [-0.15, -0.1) is 0 Å². The Bertz CT molecular complexity index is 1030. The summed E-state index contributed by atoms with van der Waals surface area (Å²) in [5.41, 5.74) is 3.25. The molecule has 3 aromatic rings. The van der Waals surface area contributed by atoms with E-state index in [9.17, 15) is 9.59 Å². The molecule has 3 aromatic carbocycles. The number of amides is 2. The molecule has 0 unspecified atom stereocenters. The minimum Gasteiger partial charge on any atom is -0.482 e. The zero-order valence-electron chi connectivity index (χ0n) is 16.2. The summed E-state index contributed by atoms with van der Waals surface area (Å²) in [5.74, 6) is 0.450. The highest BCUT2D eigenvalue weighted by molar-refractivity contribution is 5.98. The second-order valence-electron chi connectivity index (χ2n) is 7.04. The highest BCUT2D eigenvalue weighted by atomic mass is 16.5. The molecule has 1 N–H and O–H groups in total. The van der Waals surface area contributed by atoms with Crippen LogP contribution < -0.4 is 15.0 Å². The van der Waals surface area contributed by atoms with Crippen LogP contribution in [0.3, 0.4) is 0 Å². The van der Waals surface area contributed by atoms with Gasteiger partial charge in [-0.1, -0.05) is 54.6 Å². The Kier molecular flexibility index (Phi) is 5.29. The van der Waals surface area contributed by atoms with Gasteiger partial charge >= 0.3 is 0 Å². The van der Waals surface area contributed by atoms with Crippen molar-refractivity contribution in [1.29, 1.82) is 0 Å². The van der Waals surface area contributed by atoms with Gasteiger partial charge in [0.15, 0.2) is 6.61 Å². The SMILES string of the molecule is C[C@H](NC(=O)c1cccc(CN2C(=O)COc3ccccc32)c1)c1ccccc1. The number of fused-ring (bicyclic) bond motifs is 1. The van der Waals surface area contributed by atoms with Crippen LogP contribution in [0.1, 0.15) is 34.5 Å². The Morgan fingerprint density at radius 2 is 1.79 bits per heavy atom. The van der Waals surface area contributed by atoms with Gasteiger partial charge in [-0.2, -0.15) is 0 Å². The molecule has 1 aliphatic heterocycles. The van der Waals surface area contributed by atoms with Crippen molar-refractivity contribution in [3.05, 3.63) is 95.6 Å². The molecule has 0 fully saturated rings. The zero-order valence-corrected chi connectivity index (χ0v) is 16.2. The predicted molar refractivity (Wildman–Crippen MR) is 112 cm³/mol. The van der Waals surface area contributed by atoms with Gasteiger partial charge in [0.1, 0.15) is 5.75 Å². The van der Waals surface area contributed by atoms with Crippen molar-refractivity contribution in [3.8, 4) is 5.75 Å². The Balaban J connectivity index is 1.51. The number of benzene rings is 3. The second-order valence-corrected chi connectivity index (χ2v) is 7.04. The number of para-hydroxylation sites is 2. The summed E-state index contributed by atoms with van der Waals surface area (Å²) < 4.78 is 5.50. The third-order valence-electron chi connectivity index (χ3n) is 4.99. The van der Waals surface area contributed by atoms with E-state index in [0.29, 0.717) is 17.9 Å². The number of carbonyl (C=O) groups excluding carboxylic acids is 2. The summed E-state index contributed by atoms with van der Waals surface area (Å²) in [5, 5.41) is 3.03. The molecule has 146 valence electrons. The van der Waals surface area contributed by atoms with E-state index in [2.05, 4.69) is 5.32 Å². The molecule has 0 saturated carbocycles. The lowest BCUT2D eigenvalue weighted by atomic mass is 10.1. The van der Waals surface area contributed by atoms with Gasteiger partial charge in [-0.25, -0.2) is 0 Å². The summed E-state index contributed by atoms with van der Waals surface area (Å²) in [6.45, 7) is 2.36. The minimum absolute atomic E-state index is 0.0196. The molecule has 1 heterocycles. The van der Waals surface area contributed by atoms with E-state index in [1.54, 1.807) is 11.0 Å². The van der Waals surface area contributed by atoms with Crippen LogP contribution in [-0.4, -0.2) is 18.4 Å². The molecular formula is C24H22N2O3. The van der Waals surface area contributed by atoms with Crippen LogP contribution in [0, 0.1) is 0 Å². The molecule has 0 spiro atoms. The molecule has 0 aromatic heterocycles. The number of carbonyl (C=O) groups is 2. The minimum atomic E-state index is -0.142. The van der Waals surface area contributed by atoms with Crippen LogP contribution in [0.25, 0.3) is 0 Å². The molecular weight excluding hydrogens is 364 g/mol. The summed E-state index contributed by atoms with van der Waals surface area (Å²) in [6.07, 6.45) is 0. The second kappa shape index (κ2) is 8.19. The quantitative estimate of drug-likeness (QED) is 0.718. The highest BCUT2D eigenvalue weighted by Crippen LogP contribution is 2.32. The fraction of sp³-hybridized carbons (Fsp3) is 0.167. The maximum Gasteiger partial charge on any atom is 0.265 e. The highest BCUT2D eigenvalue weighted by Gasteiger charge is 2.25. The fourth-order valence-corrected chi connectivity index (χ4v) is 3.43. The smallest absolute Gasteiger partial charge is 0.265 e. The van der Waals surface area contributed by atoms with Gasteiger partial charge in [0, 0.05) is 5.56 Å². The first-order valence-electron chi connectivity index (χ1n) is 9.59. The number of nitrogens with one attached hydrogen (secondary N) is 1. The molecule has 29 heavy (non-hydrogen) atoms. The fourth-order valence-electron chi connectivity index (χ4n) is 3.43. The normalized spacial score (nSPS) is 14.0. The lowest BCUT2D eigenvalue weighted by molar-refractivity contribution is -0.121. The molecule has 0 aliphatic carbocycles. The molecule has 0 saturated heterocycles. The first-order chi connectivity index (χ1) is 14.1. The van der Waals surface area contributed by atoms with Gasteiger partial charge in [-0.05, 0) is 42.3 Å². The van der Waals surface area contributed by atoms with Crippen LogP contribution in [0.4, 0.5) is 5.69 Å². The van der Waals surface area contributed by atoms with Gasteiger partial charge < -0.3 is 15.0 Å². The Labute approximate surface area is 169 Å². The van der Waals surface area contributed by atoms with Crippen molar-refractivity contribution in [2.75, 3.05) is 11.5 Å². The molecule has 0 bridgehead atoms. The summed E-state index contributed by atoms with van der Waals surface area (Å²) in [7, 11) is 0. The van der Waals surface area contributed by atoms with Crippen LogP contribution in [0.5, 0.6) is 5.75 Å². The van der Waals surface area contributed by atoms with Crippen molar-refractivity contribution in [2.24, 2.45) is 0 Å². The van der Waals surface area contributed by atoms with Gasteiger partial charge in [0.25, 0.3) is 11.8 Å². The van der Waals surface area contributed by atoms with E-state index < -0.39 is 0 Å². The summed E-state index contributed by atoms with van der Waals surface area (Å²) >= 11 is 0. The number of nitrogens with zero attached hydrogens (tertiary/aromatic N) is 1. The largest absolute Gasteiger partial charge is 0.482 e. The lowest BCUT2D eigenvalue weighted by Crippen LogP contribution is -2.38. The number of rotatable bonds is 5. The molecule has 1 atom stereocenters. The first kappa shape index (κ1) is 18.7. The number of ether oxygens (including phenoxy) is 1. The zero-order chi connectivity index (χ0) is 20.2. The van der Waals surface area contributed by atoms with E-state index in [4.69, 9.17) is 4.74 Å². The van der Waals surface area contributed by atoms with E-state index in [-0.39, 0.29) is 24.5 Å². The molecule has 5 heteroatoms. The Hall–Kier alpha value is -3.60. The van der Waals surface area contributed by atoms with Crippen molar-refractivity contribution in [1.82, 2.24) is 5.32 Å². The van der Waals surface area contributed by atoms with Crippen LogP contribution >= 0.6 is 0 Å². The predicted octanol–water partition coefficient (Wildman–Crippen LogP) is 4.10. The lowest BCUT2D eigenvalue weighted by Gasteiger charge is -2.29. The first-order valence-corrected chi connectivity index (χ1v) is 9.59. The van der Waals surface area contributed by atoms with Crippen LogP contribution in [0.15, 0.2) is 78.9 Å². The number of hydrogen-bond donors (Lipinski definition) is 1. The summed E-state index contributed by atoms with van der Waals surface area (Å²) in [4.78, 5) is 26.8. The average Bonchev–Trinajstić information content (AvgIpc) is 2.76. The van der Waals surface area contributed by atoms with E-state index in [0.717, 1.165) is 16.8 Å². The topological polar surface area (TPSA) is 58.6 Å². The van der Waals surface area contributed by atoms with Crippen LogP contribution in [0.2, 0.25) is 0 Å². The number of anilines is 1. The average molecular weight is 386 g/mol. The monoisotopic (exact) mass is 386 g/mol. The number of hydrogen-bond acceptors (Lipinski definition) is 3. The maximum atomic E-state index is 12.7. The Morgan fingerprint density at radius 3 is 2.62 bits per heavy atom. The standard InChI is InChI=1S/C24H22N2O3/c1-17(19-9-3-2-4-10-19)25-24(28)20-11-7-8-18(14-20)15-26-21-12-5-6-13-22(21)29-16-23(26)27/h2-14,17H,15-16H2,1H3,(H,25,28)/t17-/m0/s1. The third kappa shape index (κ3) is 4.14. The maximum absolute atomic E-state index is 12.7. The van der Waals surface area contributed by atoms with Crippen molar-refractivity contribution in [3.63, 3.8) is 0 Å². The van der Waals surface area contributed by atoms with E-state index >= 15 is 0 Å². The van der Waals surface area contributed by atoms with Crippen molar-refractivity contribution < 1.29 is 14.3 Å². The molecule has 1 aliphatic rings. The van der Waals surface area contributed by atoms with E-state index in [1.165, 1.54) is 0 Å². The summed E-state index contributed by atoms with van der Waals surface area (Å²) in [6, 6.07) is 24.6. The van der Waals surface area contributed by atoms with Crippen molar-refractivity contribution in [2.45, 2.75) is 19.5 Å².